The number of phosphoric ester groups is 1. The van der Waals surface area contributed by atoms with Crippen molar-refractivity contribution in [2.24, 2.45) is 5.73 Å². The van der Waals surface area contributed by atoms with Gasteiger partial charge in [0.15, 0.2) is 23.6 Å². The molecule has 21 heteroatoms. The highest BCUT2D eigenvalue weighted by molar-refractivity contribution is 7.46. The molecule has 1 aromatic carbocycles. The number of rotatable bonds is 10. The van der Waals surface area contributed by atoms with E-state index in [0.29, 0.717) is 26.9 Å². The number of halogens is 6. The summed E-state index contributed by atoms with van der Waals surface area (Å²) in [6, 6.07) is 7.19. The molecule has 0 saturated heterocycles. The van der Waals surface area contributed by atoms with Crippen molar-refractivity contribution in [2.45, 2.75) is 38.2 Å². The van der Waals surface area contributed by atoms with Crippen LogP contribution in [0.5, 0.6) is 0 Å². The number of nitrogens with zero attached hydrogens (tertiary/aromatic N) is 7. The summed E-state index contributed by atoms with van der Waals surface area (Å²) in [6.45, 7) is -1.51. The molecule has 0 radical (unpaired) electrons. The van der Waals surface area contributed by atoms with Crippen molar-refractivity contribution in [1.29, 1.82) is 0 Å². The third-order valence-corrected chi connectivity index (χ3v) is 6.44. The SMILES string of the molecule is CC(F)(F)[C@H](Cn1c(-c2ccc(Cl)cc2)nn(Cc2nc(C(N)=O)n(-c3ncccc3C(F)(F)F)n2)c1=O)OP(=O)(O)O. The Kier molecular flexibility index (Phi) is 8.58. The fourth-order valence-electron chi connectivity index (χ4n) is 3.79. The lowest BCUT2D eigenvalue weighted by Gasteiger charge is -2.24. The Bertz CT molecular complexity index is 1760. The molecule has 3 heterocycles. The number of phosphoric acid groups is 1. The van der Waals surface area contributed by atoms with E-state index >= 15 is 0 Å². The molecule has 0 unspecified atom stereocenters. The summed E-state index contributed by atoms with van der Waals surface area (Å²) in [5.74, 6) is -7.51. The maximum Gasteiger partial charge on any atom is 0.470 e. The van der Waals surface area contributed by atoms with Gasteiger partial charge in [0.25, 0.3) is 11.8 Å². The molecule has 14 nitrogen and oxygen atoms in total. The topological polar surface area (TPSA) is 193 Å². The van der Waals surface area contributed by atoms with Gasteiger partial charge < -0.3 is 15.5 Å². The summed E-state index contributed by atoms with van der Waals surface area (Å²) < 4.78 is 86.7. The number of alkyl halides is 5. The minimum Gasteiger partial charge on any atom is -0.363 e. The molecule has 1 atom stereocenters. The van der Waals surface area contributed by atoms with Gasteiger partial charge in [0.1, 0.15) is 12.1 Å². The molecule has 3 aromatic heterocycles. The first kappa shape index (κ1) is 31.9. The second-order valence-corrected chi connectivity index (χ2v) is 10.6. The maximum atomic E-state index is 14.3. The molecule has 0 aliphatic heterocycles. The molecule has 4 aromatic rings. The zero-order chi connectivity index (χ0) is 31.9. The van der Waals surface area contributed by atoms with E-state index in [1.165, 1.54) is 24.3 Å². The van der Waals surface area contributed by atoms with Gasteiger partial charge in [-0.15, -0.1) is 10.2 Å². The molecule has 1 amide bonds. The van der Waals surface area contributed by atoms with Gasteiger partial charge in [-0.05, 0) is 36.4 Å². The van der Waals surface area contributed by atoms with Crippen molar-refractivity contribution < 1.29 is 45.6 Å². The lowest BCUT2D eigenvalue weighted by Crippen LogP contribution is -2.39. The number of carbonyl (C=O) groups excluding carboxylic acids is 1. The number of nitrogens with two attached hydrogens (primary N) is 1. The monoisotopic (exact) mass is 652 g/mol. The van der Waals surface area contributed by atoms with Crippen LogP contribution in [-0.4, -0.2) is 61.8 Å². The Morgan fingerprint density at radius 1 is 1.14 bits per heavy atom. The fourth-order valence-corrected chi connectivity index (χ4v) is 4.50. The molecule has 0 aliphatic carbocycles. The molecule has 0 fully saturated rings. The van der Waals surface area contributed by atoms with Crippen LogP contribution < -0.4 is 11.4 Å². The zero-order valence-corrected chi connectivity index (χ0v) is 23.1. The molecule has 0 bridgehead atoms. The van der Waals surface area contributed by atoms with E-state index in [-0.39, 0.29) is 16.4 Å². The normalized spacial score (nSPS) is 13.3. The number of hydrogen-bond acceptors (Lipinski definition) is 8. The van der Waals surface area contributed by atoms with Crippen LogP contribution in [0.2, 0.25) is 5.02 Å². The smallest absolute Gasteiger partial charge is 0.363 e. The van der Waals surface area contributed by atoms with Gasteiger partial charge in [0, 0.05) is 23.7 Å². The molecule has 4 N–H and O–H groups in total. The van der Waals surface area contributed by atoms with Gasteiger partial charge in [0.2, 0.25) is 5.82 Å². The lowest BCUT2D eigenvalue weighted by molar-refractivity contribution is -0.137. The first-order valence-electron chi connectivity index (χ1n) is 11.7. The Balaban J connectivity index is 1.83. The summed E-state index contributed by atoms with van der Waals surface area (Å²) in [4.78, 5) is 51.2. The van der Waals surface area contributed by atoms with E-state index in [1.807, 2.05) is 0 Å². The summed E-state index contributed by atoms with van der Waals surface area (Å²) in [7, 11) is -5.46. The van der Waals surface area contributed by atoms with Gasteiger partial charge in [-0.3, -0.25) is 13.9 Å². The number of hydrogen-bond donors (Lipinski definition) is 3. The van der Waals surface area contributed by atoms with Crippen molar-refractivity contribution in [1.82, 2.24) is 34.1 Å². The Labute approximate surface area is 241 Å². The second kappa shape index (κ2) is 11.6. The zero-order valence-electron chi connectivity index (χ0n) is 21.5. The molecule has 0 saturated carbocycles. The summed E-state index contributed by atoms with van der Waals surface area (Å²) >= 11 is 5.90. The van der Waals surface area contributed by atoms with Gasteiger partial charge in [-0.1, -0.05) is 11.6 Å². The third kappa shape index (κ3) is 7.31. The molecular formula is C22H19ClF5N8O6P. The van der Waals surface area contributed by atoms with Crippen LogP contribution >= 0.6 is 19.4 Å². The highest BCUT2D eigenvalue weighted by atomic mass is 35.5. The maximum absolute atomic E-state index is 14.3. The first-order chi connectivity index (χ1) is 19.8. The minimum atomic E-state index is -5.46. The number of benzene rings is 1. The molecule has 230 valence electrons. The highest BCUT2D eigenvalue weighted by Crippen LogP contribution is 2.41. The average molecular weight is 653 g/mol. The largest absolute Gasteiger partial charge is 0.470 e. The Hall–Kier alpha value is -4.03. The van der Waals surface area contributed by atoms with Crippen molar-refractivity contribution in [3.8, 4) is 17.2 Å². The van der Waals surface area contributed by atoms with Crippen molar-refractivity contribution >= 4 is 25.3 Å². The molecule has 4 rings (SSSR count). The Morgan fingerprint density at radius 3 is 2.35 bits per heavy atom. The van der Waals surface area contributed by atoms with E-state index < -0.39 is 73.7 Å². The quantitative estimate of drug-likeness (QED) is 0.169. The van der Waals surface area contributed by atoms with Crippen LogP contribution in [0.3, 0.4) is 0 Å². The first-order valence-corrected chi connectivity index (χ1v) is 13.6. The van der Waals surface area contributed by atoms with E-state index in [0.717, 1.165) is 12.3 Å². The predicted molar refractivity (Wildman–Crippen MR) is 136 cm³/mol. The van der Waals surface area contributed by atoms with Crippen LogP contribution in [0.1, 0.15) is 28.9 Å². The minimum absolute atomic E-state index is 0.147. The number of carbonyl (C=O) groups is 1. The summed E-state index contributed by atoms with van der Waals surface area (Å²) in [6.07, 6.45) is -6.43. The summed E-state index contributed by atoms with van der Waals surface area (Å²) in [5, 5.41) is 8.20. The molecule has 0 aliphatic rings. The third-order valence-electron chi connectivity index (χ3n) is 5.66. The van der Waals surface area contributed by atoms with Gasteiger partial charge >= 0.3 is 19.7 Å². The van der Waals surface area contributed by atoms with Crippen molar-refractivity contribution in [2.75, 3.05) is 0 Å². The van der Waals surface area contributed by atoms with Crippen LogP contribution in [0, 0.1) is 0 Å². The van der Waals surface area contributed by atoms with E-state index in [4.69, 9.17) is 27.1 Å². The van der Waals surface area contributed by atoms with Crippen LogP contribution in [0.25, 0.3) is 17.2 Å². The van der Waals surface area contributed by atoms with E-state index in [1.54, 1.807) is 0 Å². The van der Waals surface area contributed by atoms with Gasteiger partial charge in [-0.2, -0.15) is 17.9 Å². The second-order valence-electron chi connectivity index (χ2n) is 8.92. The van der Waals surface area contributed by atoms with E-state index in [9.17, 15) is 36.1 Å². The molecule has 43 heavy (non-hydrogen) atoms. The predicted octanol–water partition coefficient (Wildman–Crippen LogP) is 2.64. The number of primary amides is 1. The van der Waals surface area contributed by atoms with Crippen LogP contribution in [0.15, 0.2) is 47.4 Å². The number of amides is 1. The van der Waals surface area contributed by atoms with Crippen molar-refractivity contribution in [3.63, 3.8) is 0 Å². The number of aromatic nitrogens is 7. The average Bonchev–Trinajstić information content (AvgIpc) is 3.44. The van der Waals surface area contributed by atoms with E-state index in [2.05, 4.69) is 24.7 Å². The fraction of sp³-hybridized carbons (Fsp3) is 0.273. The molecule has 0 spiro atoms. The van der Waals surface area contributed by atoms with Gasteiger partial charge in [0.05, 0.1) is 6.54 Å². The molecular weight excluding hydrogens is 634 g/mol. The van der Waals surface area contributed by atoms with Crippen LogP contribution in [-0.2, 0) is 28.4 Å². The Morgan fingerprint density at radius 2 is 1.79 bits per heavy atom. The van der Waals surface area contributed by atoms with Crippen LogP contribution in [0.4, 0.5) is 22.0 Å². The standard InChI is InChI=1S/C22H19ClF5N8O6P/c1-21(24,25)14(42-43(39,40)41)9-34-17(11-4-6-12(23)7-5-11)33-35(20(34)38)10-15-31-19(16(29)37)36(32-15)18-13(22(26,27)28)3-2-8-30-18/h2-8,14H,9-10H2,1H3,(H2,29,37)(H2,39,40,41)/t14-/m0/s1. The van der Waals surface area contributed by atoms with Gasteiger partial charge in [-0.25, -0.2) is 32.8 Å². The highest BCUT2D eigenvalue weighted by Gasteiger charge is 2.41. The lowest BCUT2D eigenvalue weighted by atomic mass is 10.2. The number of pyridine rings is 1. The summed E-state index contributed by atoms with van der Waals surface area (Å²) in [5.41, 5.74) is 3.02. The van der Waals surface area contributed by atoms with Crippen molar-refractivity contribution in [3.05, 3.63) is 75.3 Å².